The molecule has 2 N–H and O–H groups in total. The maximum Gasteiger partial charge on any atom is 0.127 e. The van der Waals surface area contributed by atoms with Crippen LogP contribution in [0.5, 0.6) is 0 Å². The molecular weight excluding hydrogens is 191 g/mol. The first-order valence-electron chi connectivity index (χ1n) is 4.95. The number of benzene rings is 1. The van der Waals surface area contributed by atoms with Crippen LogP contribution in [0, 0.1) is 5.82 Å². The number of rotatable bonds is 2. The van der Waals surface area contributed by atoms with E-state index in [2.05, 4.69) is 4.98 Å². The van der Waals surface area contributed by atoms with Crippen molar-refractivity contribution in [2.75, 3.05) is 0 Å². The van der Waals surface area contributed by atoms with Gasteiger partial charge in [-0.2, -0.15) is 0 Å². The Bertz CT molecular complexity index is 480. The van der Waals surface area contributed by atoms with Gasteiger partial charge in [0.1, 0.15) is 5.82 Å². The largest absolute Gasteiger partial charge is 0.328 e. The summed E-state index contributed by atoms with van der Waals surface area (Å²) in [6.45, 7) is 1.87. The summed E-state index contributed by atoms with van der Waals surface area (Å²) in [5.74, 6) is -0.189. The molecule has 0 radical (unpaired) electrons. The zero-order valence-electron chi connectivity index (χ0n) is 8.57. The number of nitrogens with zero attached hydrogens (tertiary/aromatic N) is 1. The second kappa shape index (κ2) is 3.95. The van der Waals surface area contributed by atoms with Crippen molar-refractivity contribution in [3.63, 3.8) is 0 Å². The molecule has 78 valence electrons. The number of nitrogens with two attached hydrogens (primary N) is 1. The molecule has 0 aliphatic rings. The molecule has 0 amide bonds. The van der Waals surface area contributed by atoms with E-state index in [1.165, 1.54) is 6.07 Å². The van der Waals surface area contributed by atoms with Crippen LogP contribution in [0.15, 0.2) is 30.6 Å². The van der Waals surface area contributed by atoms with Crippen molar-refractivity contribution in [1.29, 1.82) is 0 Å². The topological polar surface area (TPSA) is 38.9 Å². The molecule has 1 unspecified atom stereocenters. The molecule has 0 saturated heterocycles. The van der Waals surface area contributed by atoms with Gasteiger partial charge in [0.05, 0.1) is 0 Å². The van der Waals surface area contributed by atoms with Crippen LogP contribution in [0.3, 0.4) is 0 Å². The van der Waals surface area contributed by atoms with Crippen LogP contribution in [0.1, 0.15) is 12.5 Å². The van der Waals surface area contributed by atoms with Crippen molar-refractivity contribution in [3.8, 4) is 0 Å². The lowest BCUT2D eigenvalue weighted by atomic mass is 10.0. The summed E-state index contributed by atoms with van der Waals surface area (Å²) < 4.78 is 13.6. The third-order valence-corrected chi connectivity index (χ3v) is 2.40. The van der Waals surface area contributed by atoms with E-state index in [4.69, 9.17) is 5.73 Å². The summed E-state index contributed by atoms with van der Waals surface area (Å²) >= 11 is 0. The van der Waals surface area contributed by atoms with E-state index in [1.54, 1.807) is 18.5 Å². The fourth-order valence-corrected chi connectivity index (χ4v) is 1.74. The van der Waals surface area contributed by atoms with E-state index in [0.29, 0.717) is 12.0 Å². The Morgan fingerprint density at radius 3 is 2.93 bits per heavy atom. The molecule has 2 aromatic rings. The van der Waals surface area contributed by atoms with Crippen molar-refractivity contribution >= 4 is 10.8 Å². The van der Waals surface area contributed by atoms with Crippen LogP contribution < -0.4 is 5.73 Å². The first-order valence-corrected chi connectivity index (χ1v) is 4.95. The van der Waals surface area contributed by atoms with Gasteiger partial charge in [-0.3, -0.25) is 4.98 Å². The van der Waals surface area contributed by atoms with E-state index < -0.39 is 0 Å². The van der Waals surface area contributed by atoms with Gasteiger partial charge in [-0.25, -0.2) is 4.39 Å². The Morgan fingerprint density at radius 2 is 2.20 bits per heavy atom. The third kappa shape index (κ3) is 1.97. The minimum Gasteiger partial charge on any atom is -0.328 e. The van der Waals surface area contributed by atoms with E-state index in [0.717, 1.165) is 10.8 Å². The highest BCUT2D eigenvalue weighted by molar-refractivity contribution is 5.85. The normalized spacial score (nSPS) is 13.0. The van der Waals surface area contributed by atoms with Gasteiger partial charge in [-0.1, -0.05) is 0 Å². The lowest BCUT2D eigenvalue weighted by Crippen LogP contribution is -2.18. The summed E-state index contributed by atoms with van der Waals surface area (Å²) in [6.07, 6.45) is 3.96. The SMILES string of the molecule is CC(N)Cc1c(F)ccc2cnccc12. The van der Waals surface area contributed by atoms with Crippen LogP contribution in [0.4, 0.5) is 4.39 Å². The Kier molecular flexibility index (Phi) is 2.64. The molecular formula is C12H13FN2. The van der Waals surface area contributed by atoms with Crippen molar-refractivity contribution in [1.82, 2.24) is 4.98 Å². The minimum atomic E-state index is -0.189. The highest BCUT2D eigenvalue weighted by Gasteiger charge is 2.09. The lowest BCUT2D eigenvalue weighted by molar-refractivity contribution is 0.599. The molecule has 1 atom stereocenters. The van der Waals surface area contributed by atoms with Gasteiger partial charge in [-0.15, -0.1) is 0 Å². The van der Waals surface area contributed by atoms with Gasteiger partial charge >= 0.3 is 0 Å². The van der Waals surface area contributed by atoms with Crippen LogP contribution in [0.25, 0.3) is 10.8 Å². The van der Waals surface area contributed by atoms with Gasteiger partial charge in [-0.05, 0) is 42.5 Å². The average molecular weight is 204 g/mol. The molecule has 0 spiro atoms. The van der Waals surface area contributed by atoms with Gasteiger partial charge in [0.25, 0.3) is 0 Å². The molecule has 2 rings (SSSR count). The highest BCUT2D eigenvalue weighted by Crippen LogP contribution is 2.21. The summed E-state index contributed by atoms with van der Waals surface area (Å²) in [5, 5.41) is 1.86. The molecule has 2 nitrogen and oxygen atoms in total. The molecule has 0 bridgehead atoms. The summed E-state index contributed by atoms with van der Waals surface area (Å²) in [7, 11) is 0. The summed E-state index contributed by atoms with van der Waals surface area (Å²) in [4.78, 5) is 4.01. The zero-order valence-corrected chi connectivity index (χ0v) is 8.57. The molecule has 1 aromatic heterocycles. The van der Waals surface area contributed by atoms with E-state index in [1.807, 2.05) is 13.0 Å². The molecule has 3 heteroatoms. The number of fused-ring (bicyclic) bond motifs is 1. The van der Waals surface area contributed by atoms with Crippen LogP contribution in [-0.2, 0) is 6.42 Å². The maximum absolute atomic E-state index is 13.6. The van der Waals surface area contributed by atoms with E-state index in [-0.39, 0.29) is 11.9 Å². The summed E-state index contributed by atoms with van der Waals surface area (Å²) in [5.41, 5.74) is 6.39. The third-order valence-electron chi connectivity index (χ3n) is 2.40. The Labute approximate surface area is 87.9 Å². The molecule has 1 heterocycles. The van der Waals surface area contributed by atoms with Gasteiger partial charge in [0.15, 0.2) is 0 Å². The van der Waals surface area contributed by atoms with Crippen molar-refractivity contribution in [3.05, 3.63) is 42.0 Å². The number of hydrogen-bond acceptors (Lipinski definition) is 2. The number of aromatic nitrogens is 1. The molecule has 0 aliphatic carbocycles. The van der Waals surface area contributed by atoms with E-state index in [9.17, 15) is 4.39 Å². The van der Waals surface area contributed by atoms with Crippen LogP contribution in [-0.4, -0.2) is 11.0 Å². The van der Waals surface area contributed by atoms with Crippen molar-refractivity contribution in [2.45, 2.75) is 19.4 Å². The molecule has 0 aliphatic heterocycles. The first-order chi connectivity index (χ1) is 7.18. The van der Waals surface area contributed by atoms with Crippen LogP contribution >= 0.6 is 0 Å². The predicted octanol–water partition coefficient (Wildman–Crippen LogP) is 2.26. The summed E-state index contributed by atoms with van der Waals surface area (Å²) in [6, 6.07) is 5.00. The van der Waals surface area contributed by atoms with E-state index >= 15 is 0 Å². The molecule has 0 fully saturated rings. The van der Waals surface area contributed by atoms with Gasteiger partial charge in [0, 0.05) is 23.8 Å². The fraction of sp³-hybridized carbons (Fsp3) is 0.250. The predicted molar refractivity (Wildman–Crippen MR) is 59.1 cm³/mol. The second-order valence-corrected chi connectivity index (χ2v) is 3.80. The minimum absolute atomic E-state index is 0.0433. The molecule has 0 saturated carbocycles. The first kappa shape index (κ1) is 10.1. The zero-order chi connectivity index (χ0) is 10.8. The maximum atomic E-state index is 13.6. The molecule has 15 heavy (non-hydrogen) atoms. The highest BCUT2D eigenvalue weighted by atomic mass is 19.1. The lowest BCUT2D eigenvalue weighted by Gasteiger charge is -2.09. The fourth-order valence-electron chi connectivity index (χ4n) is 1.74. The Morgan fingerprint density at radius 1 is 1.40 bits per heavy atom. The smallest absolute Gasteiger partial charge is 0.127 e. The number of halogens is 1. The number of hydrogen-bond donors (Lipinski definition) is 1. The quantitative estimate of drug-likeness (QED) is 0.815. The average Bonchev–Trinajstić information content (AvgIpc) is 2.22. The Balaban J connectivity index is 2.63. The standard InChI is InChI=1S/C12H13FN2/c1-8(14)6-11-10-4-5-15-7-9(10)2-3-12(11)13/h2-5,7-8H,6,14H2,1H3. The monoisotopic (exact) mass is 204 g/mol. The number of pyridine rings is 1. The van der Waals surface area contributed by atoms with Crippen molar-refractivity contribution in [2.24, 2.45) is 5.73 Å². The van der Waals surface area contributed by atoms with Crippen LogP contribution in [0.2, 0.25) is 0 Å². The Hall–Kier alpha value is -1.48. The van der Waals surface area contributed by atoms with Gasteiger partial charge in [0.2, 0.25) is 0 Å². The van der Waals surface area contributed by atoms with Gasteiger partial charge < -0.3 is 5.73 Å². The van der Waals surface area contributed by atoms with Crippen molar-refractivity contribution < 1.29 is 4.39 Å². The molecule has 1 aromatic carbocycles. The second-order valence-electron chi connectivity index (χ2n) is 3.80.